The first-order valence-corrected chi connectivity index (χ1v) is 8.93. The minimum atomic E-state index is 0.0593. The number of anilines is 2. The normalized spacial score (nSPS) is 15.2. The SMILES string of the molecule is Cc1ccc(NC(=O)CN2CCN(c3cccc(C)c3C)CC2)cc1. The monoisotopic (exact) mass is 337 g/mol. The van der Waals surface area contributed by atoms with Crippen molar-refractivity contribution >= 4 is 17.3 Å². The molecule has 2 aromatic rings. The van der Waals surface area contributed by atoms with E-state index in [-0.39, 0.29) is 5.91 Å². The summed E-state index contributed by atoms with van der Waals surface area (Å²) in [5.41, 5.74) is 6.07. The van der Waals surface area contributed by atoms with Crippen molar-refractivity contribution in [3.63, 3.8) is 0 Å². The van der Waals surface area contributed by atoms with Crippen LogP contribution in [0.25, 0.3) is 0 Å². The molecule has 1 saturated heterocycles. The molecule has 0 spiro atoms. The number of piperazine rings is 1. The predicted molar refractivity (Wildman–Crippen MR) is 104 cm³/mol. The molecule has 25 heavy (non-hydrogen) atoms. The first-order chi connectivity index (χ1) is 12.0. The number of nitrogens with zero attached hydrogens (tertiary/aromatic N) is 2. The van der Waals surface area contributed by atoms with Crippen molar-refractivity contribution in [1.29, 1.82) is 0 Å². The van der Waals surface area contributed by atoms with Crippen LogP contribution in [-0.2, 0) is 4.79 Å². The molecule has 1 N–H and O–H groups in total. The second-order valence-corrected chi connectivity index (χ2v) is 6.90. The molecular weight excluding hydrogens is 310 g/mol. The minimum Gasteiger partial charge on any atom is -0.369 e. The Hall–Kier alpha value is -2.33. The summed E-state index contributed by atoms with van der Waals surface area (Å²) < 4.78 is 0. The van der Waals surface area contributed by atoms with Gasteiger partial charge in [-0.1, -0.05) is 29.8 Å². The summed E-state index contributed by atoms with van der Waals surface area (Å²) in [6.07, 6.45) is 0. The van der Waals surface area contributed by atoms with Crippen LogP contribution < -0.4 is 10.2 Å². The first-order valence-electron chi connectivity index (χ1n) is 8.93. The molecule has 0 atom stereocenters. The Morgan fingerprint density at radius 2 is 1.64 bits per heavy atom. The van der Waals surface area contributed by atoms with Crippen LogP contribution in [0.5, 0.6) is 0 Å². The van der Waals surface area contributed by atoms with E-state index in [0.717, 1.165) is 31.9 Å². The number of hydrogen-bond donors (Lipinski definition) is 1. The zero-order chi connectivity index (χ0) is 17.8. The van der Waals surface area contributed by atoms with Gasteiger partial charge in [0.2, 0.25) is 5.91 Å². The van der Waals surface area contributed by atoms with E-state index >= 15 is 0 Å². The number of rotatable bonds is 4. The lowest BCUT2D eigenvalue weighted by Gasteiger charge is -2.36. The Morgan fingerprint density at radius 3 is 2.32 bits per heavy atom. The molecule has 1 fully saturated rings. The maximum Gasteiger partial charge on any atom is 0.238 e. The predicted octanol–water partition coefficient (Wildman–Crippen LogP) is 3.37. The highest BCUT2D eigenvalue weighted by Gasteiger charge is 2.20. The Balaban J connectivity index is 1.51. The second-order valence-electron chi connectivity index (χ2n) is 6.90. The lowest BCUT2D eigenvalue weighted by molar-refractivity contribution is -0.117. The summed E-state index contributed by atoms with van der Waals surface area (Å²) >= 11 is 0. The molecule has 1 amide bonds. The zero-order valence-corrected chi connectivity index (χ0v) is 15.4. The Kier molecular flexibility index (Phi) is 5.39. The third kappa shape index (κ3) is 4.40. The van der Waals surface area contributed by atoms with Gasteiger partial charge in [0.25, 0.3) is 0 Å². The van der Waals surface area contributed by atoms with Crippen molar-refractivity contribution < 1.29 is 4.79 Å². The van der Waals surface area contributed by atoms with E-state index in [0.29, 0.717) is 6.54 Å². The van der Waals surface area contributed by atoms with Gasteiger partial charge in [0, 0.05) is 37.6 Å². The van der Waals surface area contributed by atoms with Crippen LogP contribution in [0.1, 0.15) is 16.7 Å². The van der Waals surface area contributed by atoms with Gasteiger partial charge in [0.15, 0.2) is 0 Å². The molecule has 0 saturated carbocycles. The van der Waals surface area contributed by atoms with Gasteiger partial charge < -0.3 is 10.2 Å². The van der Waals surface area contributed by atoms with Gasteiger partial charge >= 0.3 is 0 Å². The molecule has 1 aliphatic rings. The summed E-state index contributed by atoms with van der Waals surface area (Å²) in [4.78, 5) is 16.9. The number of carbonyl (C=O) groups excluding carboxylic acids is 1. The number of carbonyl (C=O) groups is 1. The van der Waals surface area contributed by atoms with Gasteiger partial charge in [-0.05, 0) is 50.1 Å². The fourth-order valence-corrected chi connectivity index (χ4v) is 3.27. The number of hydrogen-bond acceptors (Lipinski definition) is 3. The number of amides is 1. The van der Waals surface area contributed by atoms with E-state index in [1.54, 1.807) is 0 Å². The second kappa shape index (κ2) is 7.70. The maximum atomic E-state index is 12.2. The Labute approximate surface area is 150 Å². The van der Waals surface area contributed by atoms with Gasteiger partial charge in [-0.15, -0.1) is 0 Å². The maximum absolute atomic E-state index is 12.2. The van der Waals surface area contributed by atoms with Crippen molar-refractivity contribution in [3.05, 3.63) is 59.2 Å². The molecule has 0 radical (unpaired) electrons. The van der Waals surface area contributed by atoms with Crippen LogP contribution in [0.3, 0.4) is 0 Å². The van der Waals surface area contributed by atoms with Crippen molar-refractivity contribution in [2.45, 2.75) is 20.8 Å². The Morgan fingerprint density at radius 1 is 0.960 bits per heavy atom. The van der Waals surface area contributed by atoms with E-state index < -0.39 is 0 Å². The zero-order valence-electron chi connectivity index (χ0n) is 15.4. The molecule has 0 aliphatic carbocycles. The van der Waals surface area contributed by atoms with Crippen molar-refractivity contribution in [2.75, 3.05) is 42.9 Å². The fourth-order valence-electron chi connectivity index (χ4n) is 3.27. The number of nitrogens with one attached hydrogen (secondary N) is 1. The summed E-state index contributed by atoms with van der Waals surface area (Å²) in [5, 5.41) is 2.98. The number of aryl methyl sites for hydroxylation is 2. The van der Waals surface area contributed by atoms with Crippen molar-refractivity contribution in [2.24, 2.45) is 0 Å². The molecule has 4 heteroatoms. The lowest BCUT2D eigenvalue weighted by atomic mass is 10.1. The van der Waals surface area contributed by atoms with Crippen LogP contribution in [-0.4, -0.2) is 43.5 Å². The highest BCUT2D eigenvalue weighted by Crippen LogP contribution is 2.23. The van der Waals surface area contributed by atoms with Crippen molar-refractivity contribution in [1.82, 2.24) is 4.90 Å². The van der Waals surface area contributed by atoms with Gasteiger partial charge in [0.1, 0.15) is 0 Å². The number of benzene rings is 2. The molecule has 1 heterocycles. The van der Waals surface area contributed by atoms with Crippen LogP contribution in [0.15, 0.2) is 42.5 Å². The third-order valence-corrected chi connectivity index (χ3v) is 4.99. The minimum absolute atomic E-state index is 0.0593. The molecule has 132 valence electrons. The third-order valence-electron chi connectivity index (χ3n) is 4.99. The molecule has 2 aromatic carbocycles. The fraction of sp³-hybridized carbons (Fsp3) is 0.381. The molecule has 0 aromatic heterocycles. The summed E-state index contributed by atoms with van der Waals surface area (Å²) in [5.74, 6) is 0.0593. The first kappa shape index (κ1) is 17.5. The van der Waals surface area contributed by atoms with Crippen LogP contribution in [0.2, 0.25) is 0 Å². The topological polar surface area (TPSA) is 35.6 Å². The standard InChI is InChI=1S/C21H27N3O/c1-16-7-9-19(10-8-16)22-21(25)15-23-11-13-24(14-12-23)20-6-4-5-17(2)18(20)3/h4-10H,11-15H2,1-3H3,(H,22,25). The molecule has 3 rings (SSSR count). The molecular formula is C21H27N3O. The molecule has 1 aliphatic heterocycles. The van der Waals surface area contributed by atoms with Crippen LogP contribution in [0, 0.1) is 20.8 Å². The van der Waals surface area contributed by atoms with E-state index in [9.17, 15) is 4.79 Å². The average Bonchev–Trinajstić information content (AvgIpc) is 2.60. The van der Waals surface area contributed by atoms with Gasteiger partial charge in [-0.3, -0.25) is 9.69 Å². The molecule has 4 nitrogen and oxygen atoms in total. The van der Waals surface area contributed by atoms with Crippen LogP contribution in [0.4, 0.5) is 11.4 Å². The van der Waals surface area contributed by atoms with E-state index in [1.807, 2.05) is 31.2 Å². The molecule has 0 unspecified atom stereocenters. The smallest absolute Gasteiger partial charge is 0.238 e. The van der Waals surface area contributed by atoms with E-state index in [1.165, 1.54) is 22.4 Å². The summed E-state index contributed by atoms with van der Waals surface area (Å²) in [6.45, 7) is 10.6. The summed E-state index contributed by atoms with van der Waals surface area (Å²) in [6, 6.07) is 14.4. The van der Waals surface area contributed by atoms with Gasteiger partial charge in [-0.25, -0.2) is 0 Å². The highest BCUT2D eigenvalue weighted by atomic mass is 16.2. The van der Waals surface area contributed by atoms with Crippen molar-refractivity contribution in [3.8, 4) is 0 Å². The van der Waals surface area contributed by atoms with Gasteiger partial charge in [-0.2, -0.15) is 0 Å². The lowest BCUT2D eigenvalue weighted by Crippen LogP contribution is -2.48. The summed E-state index contributed by atoms with van der Waals surface area (Å²) in [7, 11) is 0. The Bertz CT molecular complexity index is 731. The van der Waals surface area contributed by atoms with Gasteiger partial charge in [0.05, 0.1) is 6.54 Å². The van der Waals surface area contributed by atoms with E-state index in [2.05, 4.69) is 47.2 Å². The average molecular weight is 337 g/mol. The van der Waals surface area contributed by atoms with E-state index in [4.69, 9.17) is 0 Å². The molecule has 0 bridgehead atoms. The quantitative estimate of drug-likeness (QED) is 0.929. The van der Waals surface area contributed by atoms with Crippen LogP contribution >= 0.6 is 0 Å². The largest absolute Gasteiger partial charge is 0.369 e. The highest BCUT2D eigenvalue weighted by molar-refractivity contribution is 5.92.